The Morgan fingerprint density at radius 1 is 1.18 bits per heavy atom. The maximum absolute atomic E-state index is 12.6. The Hall–Kier alpha value is -2.18. The van der Waals surface area contributed by atoms with Crippen molar-refractivity contribution in [2.24, 2.45) is 5.92 Å². The van der Waals surface area contributed by atoms with E-state index < -0.39 is 0 Å². The summed E-state index contributed by atoms with van der Waals surface area (Å²) in [6, 6.07) is 6.66. The maximum atomic E-state index is 12.6. The molecule has 6 nitrogen and oxygen atoms in total. The second kappa shape index (κ2) is 9.34. The normalized spacial score (nSPS) is 22.2. The second-order valence-corrected chi connectivity index (χ2v) is 8.05. The van der Waals surface area contributed by atoms with Gasteiger partial charge in [-0.2, -0.15) is 0 Å². The van der Waals surface area contributed by atoms with Crippen LogP contribution in [-0.4, -0.2) is 52.9 Å². The Labute approximate surface area is 166 Å². The Morgan fingerprint density at radius 2 is 2.07 bits per heavy atom. The predicted molar refractivity (Wildman–Crippen MR) is 107 cm³/mol. The number of furan rings is 1. The van der Waals surface area contributed by atoms with Gasteiger partial charge in [-0.05, 0) is 63.0 Å². The molecule has 1 amide bonds. The van der Waals surface area contributed by atoms with E-state index >= 15 is 0 Å². The number of nitrogens with zero attached hydrogens (tertiary/aromatic N) is 3. The molecule has 6 heteroatoms. The summed E-state index contributed by atoms with van der Waals surface area (Å²) in [7, 11) is 0. The predicted octanol–water partition coefficient (Wildman–Crippen LogP) is 2.67. The molecular formula is C22H30N4O2. The number of pyridine rings is 1. The van der Waals surface area contributed by atoms with Crippen molar-refractivity contribution in [3.8, 4) is 0 Å². The number of amides is 1. The molecule has 0 aromatic carbocycles. The van der Waals surface area contributed by atoms with E-state index in [1.807, 2.05) is 24.5 Å². The molecule has 0 aliphatic carbocycles. The smallest absolute Gasteiger partial charge is 0.224 e. The summed E-state index contributed by atoms with van der Waals surface area (Å²) in [5, 5.41) is 3.07. The van der Waals surface area contributed by atoms with Crippen LogP contribution in [0.5, 0.6) is 0 Å². The highest BCUT2D eigenvalue weighted by molar-refractivity contribution is 5.78. The summed E-state index contributed by atoms with van der Waals surface area (Å²) in [5.41, 5.74) is 2.30. The number of nitrogens with one attached hydrogen (secondary N) is 1. The standard InChI is InChI=1S/C22H30N4O2/c27-22(24-14-19-7-12-28-17-19)20-4-2-9-26(16-20)21-5-10-25(11-6-21)15-18-3-1-8-23-13-18/h1,3,7-8,12-13,17,20-21H,2,4-6,9-11,14-16H2,(H,24,27)/t20-/m1/s1. The zero-order valence-electron chi connectivity index (χ0n) is 16.4. The van der Waals surface area contributed by atoms with Crippen molar-refractivity contribution in [1.82, 2.24) is 20.1 Å². The molecule has 4 rings (SSSR count). The molecule has 150 valence electrons. The summed E-state index contributed by atoms with van der Waals surface area (Å²) in [5.74, 6) is 0.286. The van der Waals surface area contributed by atoms with E-state index in [0.29, 0.717) is 12.6 Å². The second-order valence-electron chi connectivity index (χ2n) is 8.05. The number of carbonyl (C=O) groups is 1. The van der Waals surface area contributed by atoms with Gasteiger partial charge in [-0.3, -0.25) is 19.6 Å². The molecule has 1 atom stereocenters. The van der Waals surface area contributed by atoms with Gasteiger partial charge in [0.25, 0.3) is 0 Å². The van der Waals surface area contributed by atoms with Crippen molar-refractivity contribution in [3.05, 3.63) is 54.2 Å². The molecule has 0 bridgehead atoms. The van der Waals surface area contributed by atoms with Gasteiger partial charge < -0.3 is 9.73 Å². The molecule has 0 spiro atoms. The average molecular weight is 383 g/mol. The third-order valence-electron chi connectivity index (χ3n) is 6.07. The number of carbonyl (C=O) groups excluding carboxylic acids is 1. The lowest BCUT2D eigenvalue weighted by atomic mass is 9.93. The number of hydrogen-bond acceptors (Lipinski definition) is 5. The molecule has 4 heterocycles. The third-order valence-corrected chi connectivity index (χ3v) is 6.07. The summed E-state index contributed by atoms with van der Waals surface area (Å²) >= 11 is 0. The lowest BCUT2D eigenvalue weighted by Crippen LogP contribution is -2.50. The third kappa shape index (κ3) is 5.00. The van der Waals surface area contributed by atoms with E-state index in [9.17, 15) is 4.79 Å². The van der Waals surface area contributed by atoms with Gasteiger partial charge in [0, 0.05) is 43.6 Å². The monoisotopic (exact) mass is 382 g/mol. The van der Waals surface area contributed by atoms with Gasteiger partial charge in [0.05, 0.1) is 18.4 Å². The fraction of sp³-hybridized carbons (Fsp3) is 0.545. The van der Waals surface area contributed by atoms with Crippen molar-refractivity contribution < 1.29 is 9.21 Å². The Kier molecular flexibility index (Phi) is 6.39. The first kappa shape index (κ1) is 19.2. The van der Waals surface area contributed by atoms with Crippen LogP contribution >= 0.6 is 0 Å². The summed E-state index contributed by atoms with van der Waals surface area (Å²) < 4.78 is 5.07. The number of piperidine rings is 2. The Balaban J connectivity index is 1.23. The fourth-order valence-electron chi connectivity index (χ4n) is 4.47. The van der Waals surface area contributed by atoms with E-state index in [1.54, 1.807) is 12.5 Å². The summed E-state index contributed by atoms with van der Waals surface area (Å²) in [6.07, 6.45) is 11.6. The minimum Gasteiger partial charge on any atom is -0.472 e. The van der Waals surface area contributed by atoms with Crippen LogP contribution in [0.2, 0.25) is 0 Å². The molecule has 28 heavy (non-hydrogen) atoms. The number of likely N-dealkylation sites (tertiary alicyclic amines) is 2. The SMILES string of the molecule is O=C(NCc1ccoc1)[C@@H]1CCCN(C2CCN(Cc3cccnc3)CC2)C1. The number of aromatic nitrogens is 1. The quantitative estimate of drug-likeness (QED) is 0.832. The molecule has 2 aromatic rings. The highest BCUT2D eigenvalue weighted by Gasteiger charge is 2.31. The molecule has 0 saturated carbocycles. The van der Waals surface area contributed by atoms with Gasteiger partial charge in [-0.1, -0.05) is 6.07 Å². The van der Waals surface area contributed by atoms with Crippen LogP contribution in [0.3, 0.4) is 0 Å². The first-order valence-electron chi connectivity index (χ1n) is 10.4. The lowest BCUT2D eigenvalue weighted by Gasteiger charge is -2.42. The molecular weight excluding hydrogens is 352 g/mol. The molecule has 0 unspecified atom stereocenters. The lowest BCUT2D eigenvalue weighted by molar-refractivity contribution is -0.127. The van der Waals surface area contributed by atoms with Gasteiger partial charge in [0.2, 0.25) is 5.91 Å². The van der Waals surface area contributed by atoms with Gasteiger partial charge in [-0.15, -0.1) is 0 Å². The van der Waals surface area contributed by atoms with E-state index in [2.05, 4.69) is 26.2 Å². The minimum absolute atomic E-state index is 0.106. The average Bonchev–Trinajstić information content (AvgIpc) is 3.27. The maximum Gasteiger partial charge on any atom is 0.224 e. The van der Waals surface area contributed by atoms with Gasteiger partial charge in [-0.25, -0.2) is 0 Å². The fourth-order valence-corrected chi connectivity index (χ4v) is 4.47. The molecule has 2 aromatic heterocycles. The van der Waals surface area contributed by atoms with Crippen molar-refractivity contribution in [3.63, 3.8) is 0 Å². The van der Waals surface area contributed by atoms with Crippen molar-refractivity contribution in [2.75, 3.05) is 26.2 Å². The van der Waals surface area contributed by atoms with Crippen LogP contribution in [0.1, 0.15) is 36.8 Å². The van der Waals surface area contributed by atoms with Gasteiger partial charge in [0.1, 0.15) is 0 Å². The van der Waals surface area contributed by atoms with E-state index in [4.69, 9.17) is 4.42 Å². The van der Waals surface area contributed by atoms with E-state index in [-0.39, 0.29) is 11.8 Å². The largest absolute Gasteiger partial charge is 0.472 e. The van der Waals surface area contributed by atoms with Crippen LogP contribution < -0.4 is 5.32 Å². The zero-order chi connectivity index (χ0) is 19.2. The highest BCUT2D eigenvalue weighted by Crippen LogP contribution is 2.24. The van der Waals surface area contributed by atoms with Crippen LogP contribution in [0.15, 0.2) is 47.5 Å². The number of hydrogen-bond donors (Lipinski definition) is 1. The van der Waals surface area contributed by atoms with Gasteiger partial charge >= 0.3 is 0 Å². The van der Waals surface area contributed by atoms with E-state index in [1.165, 1.54) is 18.4 Å². The van der Waals surface area contributed by atoms with Crippen molar-refractivity contribution in [2.45, 2.75) is 44.8 Å². The summed E-state index contributed by atoms with van der Waals surface area (Å²) in [4.78, 5) is 21.9. The molecule has 1 N–H and O–H groups in total. The number of rotatable bonds is 6. The van der Waals surface area contributed by atoms with Crippen LogP contribution in [-0.2, 0) is 17.9 Å². The highest BCUT2D eigenvalue weighted by atomic mass is 16.3. The topological polar surface area (TPSA) is 61.6 Å². The van der Waals surface area contributed by atoms with Crippen LogP contribution in [0.25, 0.3) is 0 Å². The molecule has 0 radical (unpaired) electrons. The molecule has 2 aliphatic rings. The zero-order valence-corrected chi connectivity index (χ0v) is 16.4. The molecule has 2 saturated heterocycles. The van der Waals surface area contributed by atoms with Crippen LogP contribution in [0, 0.1) is 5.92 Å². The Bertz CT molecular complexity index is 726. The molecule has 2 fully saturated rings. The first-order chi connectivity index (χ1) is 13.8. The Morgan fingerprint density at radius 3 is 2.82 bits per heavy atom. The van der Waals surface area contributed by atoms with E-state index in [0.717, 1.165) is 51.1 Å². The first-order valence-corrected chi connectivity index (χ1v) is 10.4. The van der Waals surface area contributed by atoms with Crippen molar-refractivity contribution in [1.29, 1.82) is 0 Å². The minimum atomic E-state index is 0.106. The molecule has 2 aliphatic heterocycles. The summed E-state index contributed by atoms with van der Waals surface area (Å²) in [6.45, 7) is 5.79. The van der Waals surface area contributed by atoms with Crippen molar-refractivity contribution >= 4 is 5.91 Å². The van der Waals surface area contributed by atoms with Crippen LogP contribution in [0.4, 0.5) is 0 Å². The van der Waals surface area contributed by atoms with Gasteiger partial charge in [0.15, 0.2) is 0 Å².